The van der Waals surface area contributed by atoms with Gasteiger partial charge in [0, 0.05) is 11.8 Å². The van der Waals surface area contributed by atoms with Gasteiger partial charge in [-0.05, 0) is 25.1 Å². The summed E-state index contributed by atoms with van der Waals surface area (Å²) in [5, 5.41) is 7.64. The summed E-state index contributed by atoms with van der Waals surface area (Å²) in [4.78, 5) is 11.9. The molecule has 0 bridgehead atoms. The van der Waals surface area contributed by atoms with Crippen LogP contribution in [0, 0.1) is 6.92 Å². The maximum atomic E-state index is 11.9. The van der Waals surface area contributed by atoms with Gasteiger partial charge >= 0.3 is 0 Å². The second-order valence-electron chi connectivity index (χ2n) is 3.68. The molecular formula is C13H12N2O. The van der Waals surface area contributed by atoms with Crippen molar-refractivity contribution >= 4 is 5.78 Å². The average Bonchev–Trinajstić information content (AvgIpc) is 2.30. The molecule has 0 spiro atoms. The first-order valence-corrected chi connectivity index (χ1v) is 5.12. The molecule has 0 amide bonds. The fraction of sp³-hybridized carbons (Fsp3) is 0.154. The Hall–Kier alpha value is -2.03. The minimum absolute atomic E-state index is 0.0733. The first kappa shape index (κ1) is 10.5. The number of hydrogen-bond acceptors (Lipinski definition) is 3. The lowest BCUT2D eigenvalue weighted by atomic mass is 10.0. The van der Waals surface area contributed by atoms with Gasteiger partial charge in [0.2, 0.25) is 0 Å². The lowest BCUT2D eigenvalue weighted by Gasteiger charge is -2.01. The zero-order chi connectivity index (χ0) is 11.4. The molecule has 0 saturated heterocycles. The van der Waals surface area contributed by atoms with Gasteiger partial charge in [-0.25, -0.2) is 0 Å². The van der Waals surface area contributed by atoms with Crippen molar-refractivity contribution in [2.45, 2.75) is 13.3 Å². The molecule has 0 atom stereocenters. The maximum Gasteiger partial charge on any atom is 0.168 e. The SMILES string of the molecule is Cc1cccc(C(=O)Cc2cccnn2)c1. The standard InChI is InChI=1S/C13H12N2O/c1-10-4-2-5-11(8-10)13(16)9-12-6-3-7-14-15-12/h2-8H,9H2,1H3. The molecule has 0 N–H and O–H groups in total. The Labute approximate surface area is 94.2 Å². The van der Waals surface area contributed by atoms with Crippen molar-refractivity contribution in [3.8, 4) is 0 Å². The molecule has 0 aliphatic rings. The Morgan fingerprint density at radius 1 is 1.25 bits per heavy atom. The van der Waals surface area contributed by atoms with Crippen LogP contribution in [0.5, 0.6) is 0 Å². The second kappa shape index (κ2) is 4.66. The summed E-state index contributed by atoms with van der Waals surface area (Å²) in [7, 11) is 0. The van der Waals surface area contributed by atoms with Crippen molar-refractivity contribution in [3.63, 3.8) is 0 Å². The molecule has 2 rings (SSSR count). The minimum Gasteiger partial charge on any atom is -0.294 e. The Bertz CT molecular complexity index is 494. The zero-order valence-corrected chi connectivity index (χ0v) is 9.05. The number of hydrogen-bond donors (Lipinski definition) is 0. The van der Waals surface area contributed by atoms with Crippen molar-refractivity contribution < 1.29 is 4.79 Å². The number of aromatic nitrogens is 2. The van der Waals surface area contributed by atoms with Gasteiger partial charge in [0.05, 0.1) is 12.1 Å². The average molecular weight is 212 g/mol. The predicted molar refractivity (Wildman–Crippen MR) is 61.2 cm³/mol. The van der Waals surface area contributed by atoms with Gasteiger partial charge in [-0.3, -0.25) is 4.79 Å². The number of ketones is 1. The number of aryl methyl sites for hydroxylation is 1. The van der Waals surface area contributed by atoms with Gasteiger partial charge < -0.3 is 0 Å². The summed E-state index contributed by atoms with van der Waals surface area (Å²) in [5.74, 6) is 0.0733. The van der Waals surface area contributed by atoms with Crippen molar-refractivity contribution in [2.24, 2.45) is 0 Å². The van der Waals surface area contributed by atoms with Crippen molar-refractivity contribution in [3.05, 3.63) is 59.4 Å². The highest BCUT2D eigenvalue weighted by atomic mass is 16.1. The third-order valence-corrected chi connectivity index (χ3v) is 2.31. The van der Waals surface area contributed by atoms with Crippen LogP contribution in [0.1, 0.15) is 21.6 Å². The van der Waals surface area contributed by atoms with Crippen molar-refractivity contribution in [1.82, 2.24) is 10.2 Å². The van der Waals surface area contributed by atoms with Crippen LogP contribution in [0.25, 0.3) is 0 Å². The van der Waals surface area contributed by atoms with E-state index in [1.54, 1.807) is 18.3 Å². The molecule has 0 aliphatic carbocycles. The van der Waals surface area contributed by atoms with Crippen LogP contribution in [0.3, 0.4) is 0 Å². The van der Waals surface area contributed by atoms with E-state index in [2.05, 4.69) is 10.2 Å². The van der Waals surface area contributed by atoms with Gasteiger partial charge in [0.25, 0.3) is 0 Å². The quantitative estimate of drug-likeness (QED) is 0.732. The highest BCUT2D eigenvalue weighted by molar-refractivity contribution is 5.97. The van der Waals surface area contributed by atoms with Crippen LogP contribution < -0.4 is 0 Å². The van der Waals surface area contributed by atoms with Crippen LogP contribution in [-0.4, -0.2) is 16.0 Å². The third-order valence-electron chi connectivity index (χ3n) is 2.31. The van der Waals surface area contributed by atoms with Crippen LogP contribution in [-0.2, 0) is 6.42 Å². The van der Waals surface area contributed by atoms with E-state index in [0.717, 1.165) is 11.1 Å². The third kappa shape index (κ3) is 2.51. The fourth-order valence-corrected chi connectivity index (χ4v) is 1.51. The Kier molecular flexibility index (Phi) is 3.05. The zero-order valence-electron chi connectivity index (χ0n) is 9.05. The summed E-state index contributed by atoms with van der Waals surface area (Å²) >= 11 is 0. The largest absolute Gasteiger partial charge is 0.294 e. The highest BCUT2D eigenvalue weighted by Crippen LogP contribution is 2.07. The molecule has 0 saturated carbocycles. The molecule has 2 aromatic rings. The molecule has 1 heterocycles. The van der Waals surface area contributed by atoms with Crippen LogP contribution in [0.4, 0.5) is 0 Å². The first-order valence-electron chi connectivity index (χ1n) is 5.12. The lowest BCUT2D eigenvalue weighted by Crippen LogP contribution is -2.05. The number of Topliss-reactive ketones (excluding diaryl/α,β-unsaturated/α-hetero) is 1. The smallest absolute Gasteiger partial charge is 0.168 e. The number of rotatable bonds is 3. The summed E-state index contributed by atoms with van der Waals surface area (Å²) in [6, 6.07) is 11.2. The molecule has 3 heteroatoms. The summed E-state index contributed by atoms with van der Waals surface area (Å²) in [6.07, 6.45) is 1.90. The lowest BCUT2D eigenvalue weighted by molar-refractivity contribution is 0.0991. The highest BCUT2D eigenvalue weighted by Gasteiger charge is 2.07. The van der Waals surface area contributed by atoms with E-state index in [1.165, 1.54) is 0 Å². The predicted octanol–water partition coefficient (Wildman–Crippen LogP) is 2.21. The topological polar surface area (TPSA) is 42.9 Å². The van der Waals surface area contributed by atoms with Crippen molar-refractivity contribution in [2.75, 3.05) is 0 Å². The van der Waals surface area contributed by atoms with E-state index in [4.69, 9.17) is 0 Å². The van der Waals surface area contributed by atoms with Gasteiger partial charge in [0.15, 0.2) is 5.78 Å². The molecule has 80 valence electrons. The van der Waals surface area contributed by atoms with E-state index in [1.807, 2.05) is 31.2 Å². The molecule has 3 nitrogen and oxygen atoms in total. The van der Waals surface area contributed by atoms with Crippen LogP contribution >= 0.6 is 0 Å². The monoisotopic (exact) mass is 212 g/mol. The Morgan fingerprint density at radius 2 is 2.12 bits per heavy atom. The van der Waals surface area contributed by atoms with Crippen molar-refractivity contribution in [1.29, 1.82) is 0 Å². The van der Waals surface area contributed by atoms with E-state index < -0.39 is 0 Å². The van der Waals surface area contributed by atoms with Gasteiger partial charge in [-0.2, -0.15) is 10.2 Å². The molecule has 16 heavy (non-hydrogen) atoms. The fourth-order valence-electron chi connectivity index (χ4n) is 1.51. The number of benzene rings is 1. The van der Waals surface area contributed by atoms with E-state index in [-0.39, 0.29) is 5.78 Å². The molecule has 1 aromatic carbocycles. The number of carbonyl (C=O) groups is 1. The van der Waals surface area contributed by atoms with Crippen LogP contribution in [0.2, 0.25) is 0 Å². The van der Waals surface area contributed by atoms with E-state index in [9.17, 15) is 4.79 Å². The van der Waals surface area contributed by atoms with Crippen LogP contribution in [0.15, 0.2) is 42.6 Å². The molecule has 0 radical (unpaired) electrons. The second-order valence-corrected chi connectivity index (χ2v) is 3.68. The summed E-state index contributed by atoms with van der Waals surface area (Å²) in [6.45, 7) is 1.97. The Morgan fingerprint density at radius 3 is 2.81 bits per heavy atom. The molecule has 0 unspecified atom stereocenters. The van der Waals surface area contributed by atoms with Gasteiger partial charge in [-0.15, -0.1) is 0 Å². The van der Waals surface area contributed by atoms with E-state index >= 15 is 0 Å². The van der Waals surface area contributed by atoms with Gasteiger partial charge in [0.1, 0.15) is 0 Å². The normalized spacial score (nSPS) is 10.1. The first-order chi connectivity index (χ1) is 7.75. The maximum absolute atomic E-state index is 11.9. The van der Waals surface area contributed by atoms with Gasteiger partial charge in [-0.1, -0.05) is 23.8 Å². The summed E-state index contributed by atoms with van der Waals surface area (Å²) in [5.41, 5.74) is 2.52. The minimum atomic E-state index is 0.0733. The number of nitrogens with zero attached hydrogens (tertiary/aromatic N) is 2. The molecule has 0 fully saturated rings. The molecule has 0 aliphatic heterocycles. The Balaban J connectivity index is 2.15. The summed E-state index contributed by atoms with van der Waals surface area (Å²) < 4.78 is 0. The van der Waals surface area contributed by atoms with E-state index in [0.29, 0.717) is 12.1 Å². The molecule has 1 aromatic heterocycles. The molecular weight excluding hydrogens is 200 g/mol. The number of carbonyl (C=O) groups excluding carboxylic acids is 1.